The zero-order valence-corrected chi connectivity index (χ0v) is 17.4. The maximum atomic E-state index is 12.8. The molecule has 8 heteroatoms. The Morgan fingerprint density at radius 2 is 1.90 bits per heavy atom. The summed E-state index contributed by atoms with van der Waals surface area (Å²) in [7, 11) is 1.87. The molecule has 158 valence electrons. The molecule has 1 N–H and O–H groups in total. The molecule has 1 amide bonds. The predicted octanol–water partition coefficient (Wildman–Crippen LogP) is 2.97. The Labute approximate surface area is 179 Å². The first-order valence-corrected chi connectivity index (χ1v) is 10.5. The Bertz CT molecular complexity index is 1190. The van der Waals surface area contributed by atoms with Gasteiger partial charge in [-0.1, -0.05) is 18.2 Å². The van der Waals surface area contributed by atoms with Crippen LogP contribution in [0.2, 0.25) is 0 Å². The van der Waals surface area contributed by atoms with Gasteiger partial charge in [-0.3, -0.25) is 9.48 Å². The monoisotopic (exact) mass is 416 g/mol. The number of fused-ring (bicyclic) bond motifs is 1. The van der Waals surface area contributed by atoms with Crippen molar-refractivity contribution >= 4 is 16.8 Å². The molecule has 1 aromatic carbocycles. The summed E-state index contributed by atoms with van der Waals surface area (Å²) in [5, 5.41) is 5.28. The normalized spacial score (nSPS) is 14.8. The van der Waals surface area contributed by atoms with Crippen LogP contribution in [0.25, 0.3) is 22.0 Å². The summed E-state index contributed by atoms with van der Waals surface area (Å²) >= 11 is 0. The maximum Gasteiger partial charge on any atom is 0.316 e. The number of rotatable bonds is 5. The quantitative estimate of drug-likeness (QED) is 0.540. The van der Waals surface area contributed by atoms with E-state index in [-0.39, 0.29) is 12.0 Å². The van der Waals surface area contributed by atoms with Crippen molar-refractivity contribution in [1.82, 2.24) is 29.6 Å². The third kappa shape index (κ3) is 4.14. The van der Waals surface area contributed by atoms with Crippen LogP contribution in [-0.4, -0.2) is 54.7 Å². The molecule has 8 nitrogen and oxygen atoms in total. The molecule has 0 radical (unpaired) electrons. The third-order valence-electron chi connectivity index (χ3n) is 5.75. The summed E-state index contributed by atoms with van der Waals surface area (Å²) in [5.41, 5.74) is 3.97. The van der Waals surface area contributed by atoms with E-state index in [2.05, 4.69) is 20.1 Å². The molecule has 0 aliphatic carbocycles. The highest BCUT2D eigenvalue weighted by Gasteiger charge is 2.25. The number of amides is 1. The van der Waals surface area contributed by atoms with Crippen LogP contribution in [0.1, 0.15) is 18.4 Å². The molecule has 0 bridgehead atoms. The summed E-state index contributed by atoms with van der Waals surface area (Å²) in [6, 6.07) is 8.44. The van der Waals surface area contributed by atoms with Gasteiger partial charge in [0.1, 0.15) is 6.10 Å². The molecule has 3 aromatic heterocycles. The van der Waals surface area contributed by atoms with E-state index >= 15 is 0 Å². The number of aromatic amines is 1. The number of H-pyrrole nitrogens is 1. The lowest BCUT2D eigenvalue weighted by Gasteiger charge is -2.31. The smallest absolute Gasteiger partial charge is 0.316 e. The second-order valence-electron chi connectivity index (χ2n) is 7.89. The SMILES string of the molecule is Cn1cc(-c2cnc(OC3CCN(C(=O)Cc4c[nH]c5ccccc45)CC3)nc2)cn1. The van der Waals surface area contributed by atoms with E-state index in [1.54, 1.807) is 23.3 Å². The first kappa shape index (κ1) is 19.3. The molecule has 1 aliphatic rings. The van der Waals surface area contributed by atoms with Crippen molar-refractivity contribution in [3.05, 3.63) is 60.8 Å². The second-order valence-corrected chi connectivity index (χ2v) is 7.89. The van der Waals surface area contributed by atoms with E-state index in [1.807, 2.05) is 48.6 Å². The van der Waals surface area contributed by atoms with Crippen LogP contribution in [-0.2, 0) is 18.3 Å². The lowest BCUT2D eigenvalue weighted by molar-refractivity contribution is -0.132. The van der Waals surface area contributed by atoms with E-state index in [1.165, 1.54) is 0 Å². The van der Waals surface area contributed by atoms with Crippen LogP contribution in [0, 0.1) is 0 Å². The Morgan fingerprint density at radius 1 is 1.13 bits per heavy atom. The Morgan fingerprint density at radius 3 is 2.65 bits per heavy atom. The largest absolute Gasteiger partial charge is 0.460 e. The molecule has 1 saturated heterocycles. The number of para-hydroxylation sites is 1. The predicted molar refractivity (Wildman–Crippen MR) is 116 cm³/mol. The van der Waals surface area contributed by atoms with Crippen molar-refractivity contribution in [3.63, 3.8) is 0 Å². The summed E-state index contributed by atoms with van der Waals surface area (Å²) in [4.78, 5) is 26.6. The van der Waals surface area contributed by atoms with E-state index in [0.29, 0.717) is 25.5 Å². The maximum absolute atomic E-state index is 12.8. The fraction of sp³-hybridized carbons (Fsp3) is 0.304. The fourth-order valence-electron chi connectivity index (χ4n) is 4.02. The average molecular weight is 416 g/mol. The van der Waals surface area contributed by atoms with E-state index in [4.69, 9.17) is 4.74 Å². The average Bonchev–Trinajstić information content (AvgIpc) is 3.41. The Kier molecular flexibility index (Phi) is 5.11. The number of ether oxygens (including phenoxy) is 1. The molecule has 0 atom stereocenters. The number of likely N-dealkylation sites (tertiary alicyclic amines) is 1. The fourth-order valence-corrected chi connectivity index (χ4v) is 4.02. The minimum Gasteiger partial charge on any atom is -0.460 e. The van der Waals surface area contributed by atoms with Gasteiger partial charge in [-0.2, -0.15) is 5.10 Å². The standard InChI is InChI=1S/C23H24N6O2/c1-28-15-18(14-27-28)17-12-25-23(26-13-17)31-19-6-8-29(9-7-19)22(30)10-16-11-24-21-5-3-2-4-20(16)21/h2-5,11-15,19,24H,6-10H2,1H3. The molecular formula is C23H24N6O2. The Hall–Kier alpha value is -3.68. The molecule has 0 spiro atoms. The highest BCUT2D eigenvalue weighted by molar-refractivity contribution is 5.88. The number of piperidine rings is 1. The van der Waals surface area contributed by atoms with E-state index < -0.39 is 0 Å². The van der Waals surface area contributed by atoms with Gasteiger partial charge in [-0.15, -0.1) is 0 Å². The number of carbonyl (C=O) groups excluding carboxylic acids is 1. The zero-order chi connectivity index (χ0) is 21.2. The van der Waals surface area contributed by atoms with Crippen LogP contribution in [0.5, 0.6) is 6.01 Å². The van der Waals surface area contributed by atoms with Crippen molar-refractivity contribution in [2.45, 2.75) is 25.4 Å². The summed E-state index contributed by atoms with van der Waals surface area (Å²) in [6.45, 7) is 1.36. The van der Waals surface area contributed by atoms with Gasteiger partial charge in [0.15, 0.2) is 0 Å². The van der Waals surface area contributed by atoms with Gasteiger partial charge >= 0.3 is 6.01 Å². The summed E-state index contributed by atoms with van der Waals surface area (Å²) < 4.78 is 7.70. The van der Waals surface area contributed by atoms with Gasteiger partial charge < -0.3 is 14.6 Å². The first-order valence-electron chi connectivity index (χ1n) is 10.5. The van der Waals surface area contributed by atoms with Crippen molar-refractivity contribution in [1.29, 1.82) is 0 Å². The molecule has 5 rings (SSSR count). The molecule has 4 aromatic rings. The molecule has 0 saturated carbocycles. The topological polar surface area (TPSA) is 88.9 Å². The number of aromatic nitrogens is 5. The number of nitrogens with one attached hydrogen (secondary N) is 1. The Balaban J connectivity index is 1.14. The molecule has 1 fully saturated rings. The summed E-state index contributed by atoms with van der Waals surface area (Å²) in [6.07, 6.45) is 11.1. The number of hydrogen-bond donors (Lipinski definition) is 1. The van der Waals surface area contributed by atoms with Crippen molar-refractivity contribution in [2.75, 3.05) is 13.1 Å². The minimum atomic E-state index is 0.0152. The van der Waals surface area contributed by atoms with Gasteiger partial charge in [-0.25, -0.2) is 9.97 Å². The summed E-state index contributed by atoms with van der Waals surface area (Å²) in [5.74, 6) is 0.153. The van der Waals surface area contributed by atoms with Gasteiger partial charge in [0.25, 0.3) is 0 Å². The van der Waals surface area contributed by atoms with Gasteiger partial charge in [0, 0.05) is 79.8 Å². The van der Waals surface area contributed by atoms with Crippen LogP contribution in [0.15, 0.2) is 55.2 Å². The van der Waals surface area contributed by atoms with Crippen LogP contribution in [0.4, 0.5) is 0 Å². The van der Waals surface area contributed by atoms with Crippen LogP contribution >= 0.6 is 0 Å². The first-order chi connectivity index (χ1) is 15.2. The molecule has 31 heavy (non-hydrogen) atoms. The molecule has 4 heterocycles. The molecule has 1 aliphatic heterocycles. The second kappa shape index (κ2) is 8.22. The number of carbonyl (C=O) groups is 1. The zero-order valence-electron chi connectivity index (χ0n) is 17.4. The van der Waals surface area contributed by atoms with Crippen molar-refractivity contribution < 1.29 is 9.53 Å². The van der Waals surface area contributed by atoms with Gasteiger partial charge in [-0.05, 0) is 11.6 Å². The van der Waals surface area contributed by atoms with Gasteiger partial charge in [0.05, 0.1) is 12.6 Å². The minimum absolute atomic E-state index is 0.0152. The number of hydrogen-bond acceptors (Lipinski definition) is 5. The van der Waals surface area contributed by atoms with Crippen LogP contribution < -0.4 is 4.74 Å². The highest BCUT2D eigenvalue weighted by Crippen LogP contribution is 2.22. The van der Waals surface area contributed by atoms with E-state index in [9.17, 15) is 4.79 Å². The third-order valence-corrected chi connectivity index (χ3v) is 5.75. The molecule has 0 unspecified atom stereocenters. The van der Waals surface area contributed by atoms with Crippen molar-refractivity contribution in [2.24, 2.45) is 7.05 Å². The number of aryl methyl sites for hydroxylation is 1. The lowest BCUT2D eigenvalue weighted by Crippen LogP contribution is -2.42. The van der Waals surface area contributed by atoms with E-state index in [0.717, 1.165) is 40.4 Å². The lowest BCUT2D eigenvalue weighted by atomic mass is 10.1. The number of nitrogens with zero attached hydrogens (tertiary/aromatic N) is 5. The van der Waals surface area contributed by atoms with Crippen molar-refractivity contribution in [3.8, 4) is 17.1 Å². The van der Waals surface area contributed by atoms with Crippen LogP contribution in [0.3, 0.4) is 0 Å². The highest BCUT2D eigenvalue weighted by atomic mass is 16.5. The number of benzene rings is 1. The van der Waals surface area contributed by atoms with Gasteiger partial charge in [0.2, 0.25) is 5.91 Å². The molecular weight excluding hydrogens is 392 g/mol.